The zero-order valence-corrected chi connectivity index (χ0v) is 17.0. The number of sulfonamides is 1. The Hall–Kier alpha value is -2.52. The smallest absolute Gasteiger partial charge is 0.240 e. The molecule has 0 aliphatic heterocycles. The van der Waals surface area contributed by atoms with Gasteiger partial charge in [0.15, 0.2) is 0 Å². The third kappa shape index (κ3) is 5.98. The molecule has 0 saturated heterocycles. The van der Waals surface area contributed by atoms with Crippen LogP contribution in [0.3, 0.4) is 0 Å². The van der Waals surface area contributed by atoms with Crippen LogP contribution in [-0.4, -0.2) is 36.2 Å². The van der Waals surface area contributed by atoms with Crippen molar-refractivity contribution in [3.8, 4) is 17.0 Å². The molecule has 0 fully saturated rings. The number of ether oxygens (including phenoxy) is 1. The lowest BCUT2D eigenvalue weighted by Crippen LogP contribution is -2.18. The lowest BCUT2D eigenvalue weighted by Gasteiger charge is -2.14. The molecule has 152 valence electrons. The minimum absolute atomic E-state index is 0.0598. The van der Waals surface area contributed by atoms with E-state index in [4.69, 9.17) is 21.5 Å². The summed E-state index contributed by atoms with van der Waals surface area (Å²) in [6, 6.07) is 11.4. The van der Waals surface area contributed by atoms with Gasteiger partial charge in [-0.1, -0.05) is 17.7 Å². The van der Waals surface area contributed by atoms with Crippen LogP contribution < -0.4 is 9.88 Å². The topological polar surface area (TPSA) is 115 Å². The number of halogens is 1. The highest BCUT2D eigenvalue weighted by Crippen LogP contribution is 2.30. The minimum atomic E-state index is -3.96. The Morgan fingerprint density at radius 3 is 2.69 bits per heavy atom. The summed E-state index contributed by atoms with van der Waals surface area (Å²) in [5, 5.41) is 15.8. The summed E-state index contributed by atoms with van der Waals surface area (Å²) < 4.78 is 29.3. The molecule has 1 atom stereocenters. The van der Waals surface area contributed by atoms with Crippen LogP contribution in [0.5, 0.6) is 5.75 Å². The van der Waals surface area contributed by atoms with E-state index in [1.54, 1.807) is 30.6 Å². The maximum Gasteiger partial charge on any atom is 0.240 e. The number of aryl methyl sites for hydroxylation is 1. The van der Waals surface area contributed by atoms with Gasteiger partial charge < -0.3 is 9.84 Å². The van der Waals surface area contributed by atoms with Crippen LogP contribution in [0.1, 0.15) is 12.0 Å². The van der Waals surface area contributed by atoms with Crippen LogP contribution in [0.15, 0.2) is 66.0 Å². The summed E-state index contributed by atoms with van der Waals surface area (Å²) in [6.45, 7) is 0.0598. The van der Waals surface area contributed by atoms with E-state index in [0.717, 1.165) is 5.56 Å². The Bertz CT molecular complexity index is 1080. The fourth-order valence-corrected chi connectivity index (χ4v) is 3.71. The average molecular weight is 434 g/mol. The largest absolute Gasteiger partial charge is 0.491 e. The van der Waals surface area contributed by atoms with Crippen LogP contribution in [0.2, 0.25) is 5.02 Å². The lowest BCUT2D eigenvalue weighted by molar-refractivity contribution is 0.100. The van der Waals surface area contributed by atoms with Crippen molar-refractivity contribution in [2.75, 3.05) is 6.61 Å². The molecule has 2 aromatic heterocycles. The number of aromatic nitrogens is 2. The van der Waals surface area contributed by atoms with E-state index in [9.17, 15) is 13.5 Å². The third-order valence-electron chi connectivity index (χ3n) is 4.15. The summed E-state index contributed by atoms with van der Waals surface area (Å²) >= 11 is 6.17. The van der Waals surface area contributed by atoms with E-state index >= 15 is 0 Å². The van der Waals surface area contributed by atoms with Crippen LogP contribution in [0.25, 0.3) is 11.3 Å². The normalized spacial score (nSPS) is 12.5. The number of nitrogens with two attached hydrogens (primary N) is 1. The number of pyridine rings is 2. The van der Waals surface area contributed by atoms with E-state index in [1.807, 2.05) is 12.1 Å². The molecule has 7 nitrogen and oxygen atoms in total. The predicted molar refractivity (Wildman–Crippen MR) is 110 cm³/mol. The molecule has 0 radical (unpaired) electrons. The molecule has 29 heavy (non-hydrogen) atoms. The molecule has 0 aliphatic rings. The molecule has 0 saturated carbocycles. The van der Waals surface area contributed by atoms with E-state index in [-0.39, 0.29) is 17.2 Å². The van der Waals surface area contributed by atoms with Gasteiger partial charge in [-0.15, -0.1) is 0 Å². The fraction of sp³-hybridized carbons (Fsp3) is 0.200. The Labute approximate surface area is 174 Å². The van der Waals surface area contributed by atoms with Gasteiger partial charge in [-0.05, 0) is 54.8 Å². The summed E-state index contributed by atoms with van der Waals surface area (Å²) in [4.78, 5) is 8.06. The number of rotatable bonds is 8. The number of aliphatic hydroxyl groups excluding tert-OH is 1. The zero-order chi connectivity index (χ0) is 20.9. The Morgan fingerprint density at radius 1 is 1.17 bits per heavy atom. The summed E-state index contributed by atoms with van der Waals surface area (Å²) in [7, 11) is -3.96. The highest BCUT2D eigenvalue weighted by atomic mass is 35.5. The van der Waals surface area contributed by atoms with Crippen LogP contribution in [0.4, 0.5) is 0 Å². The summed E-state index contributed by atoms with van der Waals surface area (Å²) in [6.07, 6.45) is 5.41. The van der Waals surface area contributed by atoms with Crippen molar-refractivity contribution in [3.05, 3.63) is 71.6 Å². The van der Waals surface area contributed by atoms with E-state index < -0.39 is 16.1 Å². The monoisotopic (exact) mass is 433 g/mol. The van der Waals surface area contributed by atoms with Crippen LogP contribution in [-0.2, 0) is 16.4 Å². The molecule has 0 spiro atoms. The second kappa shape index (κ2) is 9.32. The van der Waals surface area contributed by atoms with Gasteiger partial charge >= 0.3 is 0 Å². The van der Waals surface area contributed by atoms with Crippen molar-refractivity contribution in [1.82, 2.24) is 9.97 Å². The molecule has 0 bridgehead atoms. The fourth-order valence-electron chi connectivity index (χ4n) is 2.77. The molecule has 1 unspecified atom stereocenters. The molecular weight excluding hydrogens is 414 g/mol. The first-order chi connectivity index (χ1) is 13.8. The van der Waals surface area contributed by atoms with E-state index in [0.29, 0.717) is 29.2 Å². The summed E-state index contributed by atoms with van der Waals surface area (Å²) in [5.74, 6) is 0.388. The number of benzene rings is 1. The highest BCUT2D eigenvalue weighted by Gasteiger charge is 2.17. The Kier molecular flexibility index (Phi) is 6.81. The Morgan fingerprint density at radius 2 is 1.97 bits per heavy atom. The van der Waals surface area contributed by atoms with Crippen molar-refractivity contribution in [2.24, 2.45) is 5.14 Å². The quantitative estimate of drug-likeness (QED) is 0.564. The van der Waals surface area contributed by atoms with Gasteiger partial charge in [0.1, 0.15) is 17.3 Å². The number of nitrogens with zero attached hydrogens (tertiary/aromatic N) is 2. The molecule has 3 aromatic rings. The predicted octanol–water partition coefficient (Wildman–Crippen LogP) is 2.82. The van der Waals surface area contributed by atoms with Crippen molar-refractivity contribution in [2.45, 2.75) is 23.8 Å². The molecular formula is C20H20ClN3O4S. The standard InChI is InChI=1S/C20H20ClN3O4S/c21-16-9-15(20-19(29(22,26)27)4-2-8-24-20)10-18(11-16)28-13-17(25)6-5-14-3-1-7-23-12-14/h1-4,7-12,17,25H,5-6,13H2,(H2,22,26,27). The average Bonchev–Trinajstić information content (AvgIpc) is 2.70. The van der Waals surface area contributed by atoms with E-state index in [1.165, 1.54) is 18.3 Å². The van der Waals surface area contributed by atoms with Crippen molar-refractivity contribution < 1.29 is 18.3 Å². The number of hydrogen-bond donors (Lipinski definition) is 2. The van der Waals surface area contributed by atoms with Crippen molar-refractivity contribution in [1.29, 1.82) is 0 Å². The molecule has 1 aromatic carbocycles. The molecule has 0 amide bonds. The molecule has 3 N–H and O–H groups in total. The van der Waals surface area contributed by atoms with Crippen LogP contribution >= 0.6 is 11.6 Å². The second-order valence-electron chi connectivity index (χ2n) is 6.44. The lowest BCUT2D eigenvalue weighted by atomic mass is 10.1. The minimum Gasteiger partial charge on any atom is -0.491 e. The molecule has 0 aliphatic carbocycles. The number of hydrogen-bond acceptors (Lipinski definition) is 6. The SMILES string of the molecule is NS(=O)(=O)c1cccnc1-c1cc(Cl)cc(OCC(O)CCc2cccnc2)c1. The van der Waals surface area contributed by atoms with Gasteiger partial charge in [-0.2, -0.15) is 0 Å². The van der Waals surface area contributed by atoms with Crippen LogP contribution in [0, 0.1) is 0 Å². The first kappa shape index (κ1) is 21.2. The highest BCUT2D eigenvalue weighted by molar-refractivity contribution is 7.89. The van der Waals surface area contributed by atoms with Gasteiger partial charge in [-0.25, -0.2) is 13.6 Å². The summed E-state index contributed by atoms with van der Waals surface area (Å²) in [5.41, 5.74) is 1.66. The van der Waals surface area contributed by atoms with Gasteiger partial charge in [0.25, 0.3) is 0 Å². The molecule has 9 heteroatoms. The first-order valence-electron chi connectivity index (χ1n) is 8.81. The van der Waals surface area contributed by atoms with Crippen molar-refractivity contribution >= 4 is 21.6 Å². The first-order valence-corrected chi connectivity index (χ1v) is 10.7. The van der Waals surface area contributed by atoms with Gasteiger partial charge in [-0.3, -0.25) is 9.97 Å². The number of aliphatic hydroxyl groups is 1. The second-order valence-corrected chi connectivity index (χ2v) is 8.40. The third-order valence-corrected chi connectivity index (χ3v) is 5.31. The maximum absolute atomic E-state index is 11.8. The molecule has 3 rings (SSSR count). The van der Waals surface area contributed by atoms with Gasteiger partial charge in [0.2, 0.25) is 10.0 Å². The Balaban J connectivity index is 1.72. The zero-order valence-electron chi connectivity index (χ0n) is 15.4. The maximum atomic E-state index is 11.8. The molecule has 2 heterocycles. The number of primary sulfonamides is 1. The van der Waals surface area contributed by atoms with Crippen molar-refractivity contribution in [3.63, 3.8) is 0 Å². The van der Waals surface area contributed by atoms with Gasteiger partial charge in [0.05, 0.1) is 11.8 Å². The van der Waals surface area contributed by atoms with Gasteiger partial charge in [0, 0.05) is 29.2 Å². The van der Waals surface area contributed by atoms with E-state index in [2.05, 4.69) is 9.97 Å².